The van der Waals surface area contributed by atoms with E-state index in [2.05, 4.69) is 72.8 Å². The number of tetrazole rings is 1. The van der Waals surface area contributed by atoms with Crippen LogP contribution in [0.3, 0.4) is 0 Å². The molecular formula is C15H23N5. The molecule has 1 atom stereocenters. The Morgan fingerprint density at radius 3 is 2.55 bits per heavy atom. The number of rotatable bonds is 5. The van der Waals surface area contributed by atoms with Gasteiger partial charge in [-0.15, -0.1) is 5.10 Å². The van der Waals surface area contributed by atoms with Crippen LogP contribution in [0.25, 0.3) is 0 Å². The molecule has 1 unspecified atom stereocenters. The predicted octanol–water partition coefficient (Wildman–Crippen LogP) is 2.36. The van der Waals surface area contributed by atoms with E-state index in [0.29, 0.717) is 6.54 Å². The highest BCUT2D eigenvalue weighted by molar-refractivity contribution is 5.15. The SMILES string of the molecule is CC(Cc1ccccc1)n1nnnc1CNC(C)(C)C. The minimum absolute atomic E-state index is 0.0550. The fourth-order valence-electron chi connectivity index (χ4n) is 2.06. The van der Waals surface area contributed by atoms with Gasteiger partial charge in [0.25, 0.3) is 0 Å². The van der Waals surface area contributed by atoms with Crippen LogP contribution < -0.4 is 5.32 Å². The molecule has 0 radical (unpaired) electrons. The average Bonchev–Trinajstić information content (AvgIpc) is 2.85. The maximum Gasteiger partial charge on any atom is 0.165 e. The normalized spacial score (nSPS) is 13.4. The summed E-state index contributed by atoms with van der Waals surface area (Å²) in [6.45, 7) is 9.22. The summed E-state index contributed by atoms with van der Waals surface area (Å²) in [5.41, 5.74) is 1.35. The van der Waals surface area contributed by atoms with Crippen molar-refractivity contribution in [1.82, 2.24) is 25.5 Å². The van der Waals surface area contributed by atoms with Crippen molar-refractivity contribution in [3.8, 4) is 0 Å². The highest BCUT2D eigenvalue weighted by Gasteiger charge is 2.16. The summed E-state index contributed by atoms with van der Waals surface area (Å²) in [7, 11) is 0. The largest absolute Gasteiger partial charge is 0.305 e. The van der Waals surface area contributed by atoms with Crippen molar-refractivity contribution >= 4 is 0 Å². The molecule has 2 aromatic rings. The maximum absolute atomic E-state index is 4.13. The second kappa shape index (κ2) is 6.13. The third-order valence-electron chi connectivity index (χ3n) is 3.13. The maximum atomic E-state index is 4.13. The highest BCUT2D eigenvalue weighted by atomic mass is 15.6. The first-order valence-corrected chi connectivity index (χ1v) is 7.01. The van der Waals surface area contributed by atoms with Crippen LogP contribution in [-0.4, -0.2) is 25.7 Å². The number of aromatic nitrogens is 4. The van der Waals surface area contributed by atoms with Crippen molar-refractivity contribution in [2.75, 3.05) is 0 Å². The molecule has 0 amide bonds. The van der Waals surface area contributed by atoms with Crippen LogP contribution in [0.4, 0.5) is 0 Å². The van der Waals surface area contributed by atoms with E-state index in [0.717, 1.165) is 12.2 Å². The third-order valence-corrected chi connectivity index (χ3v) is 3.13. The fourth-order valence-corrected chi connectivity index (χ4v) is 2.06. The van der Waals surface area contributed by atoms with Gasteiger partial charge in [0.05, 0.1) is 12.6 Å². The Kier molecular flexibility index (Phi) is 4.49. The fraction of sp³-hybridized carbons (Fsp3) is 0.533. The Hall–Kier alpha value is -1.75. The van der Waals surface area contributed by atoms with Crippen molar-refractivity contribution in [3.05, 3.63) is 41.7 Å². The minimum Gasteiger partial charge on any atom is -0.305 e. The van der Waals surface area contributed by atoms with E-state index in [1.165, 1.54) is 5.56 Å². The smallest absolute Gasteiger partial charge is 0.165 e. The van der Waals surface area contributed by atoms with Gasteiger partial charge in [-0.2, -0.15) is 0 Å². The zero-order valence-electron chi connectivity index (χ0n) is 12.7. The van der Waals surface area contributed by atoms with Crippen molar-refractivity contribution in [1.29, 1.82) is 0 Å². The second-order valence-corrected chi connectivity index (χ2v) is 6.18. The Bertz CT molecular complexity index is 527. The van der Waals surface area contributed by atoms with Gasteiger partial charge in [-0.25, -0.2) is 4.68 Å². The van der Waals surface area contributed by atoms with Crippen molar-refractivity contribution in [3.63, 3.8) is 0 Å². The average molecular weight is 273 g/mol. The molecular weight excluding hydrogens is 250 g/mol. The number of nitrogens with zero attached hydrogens (tertiary/aromatic N) is 4. The molecule has 5 nitrogen and oxygen atoms in total. The zero-order valence-corrected chi connectivity index (χ0v) is 12.7. The Labute approximate surface area is 120 Å². The van der Waals surface area contributed by atoms with Crippen LogP contribution in [0.2, 0.25) is 0 Å². The lowest BCUT2D eigenvalue weighted by Crippen LogP contribution is -2.36. The number of benzene rings is 1. The van der Waals surface area contributed by atoms with Gasteiger partial charge in [-0.3, -0.25) is 0 Å². The molecule has 0 fully saturated rings. The molecule has 5 heteroatoms. The Morgan fingerprint density at radius 2 is 1.90 bits per heavy atom. The summed E-state index contributed by atoms with van der Waals surface area (Å²) in [6.07, 6.45) is 0.925. The van der Waals surface area contributed by atoms with Crippen LogP contribution in [0.15, 0.2) is 30.3 Å². The molecule has 20 heavy (non-hydrogen) atoms. The van der Waals surface area contributed by atoms with Crippen LogP contribution in [0.1, 0.15) is 45.1 Å². The van der Waals surface area contributed by atoms with Gasteiger partial charge in [0.2, 0.25) is 0 Å². The van der Waals surface area contributed by atoms with Gasteiger partial charge in [0.1, 0.15) is 0 Å². The van der Waals surface area contributed by atoms with E-state index in [4.69, 9.17) is 0 Å². The van der Waals surface area contributed by atoms with E-state index in [1.54, 1.807) is 0 Å². The molecule has 1 N–H and O–H groups in total. The summed E-state index contributed by atoms with van der Waals surface area (Å²) >= 11 is 0. The van der Waals surface area contributed by atoms with E-state index < -0.39 is 0 Å². The quantitative estimate of drug-likeness (QED) is 0.908. The molecule has 2 rings (SSSR count). The van der Waals surface area contributed by atoms with Crippen molar-refractivity contribution in [2.45, 2.75) is 52.2 Å². The van der Waals surface area contributed by atoms with Gasteiger partial charge < -0.3 is 5.32 Å². The van der Waals surface area contributed by atoms with Crippen molar-refractivity contribution in [2.24, 2.45) is 0 Å². The predicted molar refractivity (Wildman–Crippen MR) is 79.3 cm³/mol. The monoisotopic (exact) mass is 273 g/mol. The van der Waals surface area contributed by atoms with E-state index in [1.807, 2.05) is 10.7 Å². The molecule has 0 aliphatic heterocycles. The summed E-state index contributed by atoms with van der Waals surface area (Å²) < 4.78 is 1.91. The van der Waals surface area contributed by atoms with Gasteiger partial charge in [0.15, 0.2) is 5.82 Å². The lowest BCUT2D eigenvalue weighted by atomic mass is 10.1. The Balaban J connectivity index is 2.03. The number of hydrogen-bond donors (Lipinski definition) is 1. The van der Waals surface area contributed by atoms with Gasteiger partial charge in [-0.1, -0.05) is 30.3 Å². The third kappa shape index (κ3) is 4.13. The molecule has 0 saturated heterocycles. The van der Waals surface area contributed by atoms with Crippen LogP contribution in [-0.2, 0) is 13.0 Å². The van der Waals surface area contributed by atoms with Gasteiger partial charge >= 0.3 is 0 Å². The number of nitrogens with one attached hydrogen (secondary N) is 1. The van der Waals surface area contributed by atoms with Crippen molar-refractivity contribution < 1.29 is 0 Å². The lowest BCUT2D eigenvalue weighted by molar-refractivity contribution is 0.393. The van der Waals surface area contributed by atoms with Gasteiger partial charge in [0, 0.05) is 5.54 Å². The summed E-state index contributed by atoms with van der Waals surface area (Å²) in [6, 6.07) is 10.7. The first-order valence-electron chi connectivity index (χ1n) is 7.01. The topological polar surface area (TPSA) is 55.6 Å². The zero-order chi connectivity index (χ0) is 14.6. The van der Waals surface area contributed by atoms with E-state index >= 15 is 0 Å². The van der Waals surface area contributed by atoms with Crippen LogP contribution >= 0.6 is 0 Å². The highest BCUT2D eigenvalue weighted by Crippen LogP contribution is 2.14. The van der Waals surface area contributed by atoms with E-state index in [-0.39, 0.29) is 11.6 Å². The molecule has 0 saturated carbocycles. The molecule has 0 spiro atoms. The number of hydrogen-bond acceptors (Lipinski definition) is 4. The minimum atomic E-state index is 0.0550. The van der Waals surface area contributed by atoms with Gasteiger partial charge in [-0.05, 0) is 50.1 Å². The standard InChI is InChI=1S/C15H23N5/c1-12(10-13-8-6-5-7-9-13)20-14(17-18-19-20)11-16-15(2,3)4/h5-9,12,16H,10-11H2,1-4H3. The van der Waals surface area contributed by atoms with Crippen LogP contribution in [0.5, 0.6) is 0 Å². The van der Waals surface area contributed by atoms with Crippen LogP contribution in [0, 0.1) is 0 Å². The molecule has 108 valence electrons. The van der Waals surface area contributed by atoms with E-state index in [9.17, 15) is 0 Å². The molecule has 1 aromatic heterocycles. The summed E-state index contributed by atoms with van der Waals surface area (Å²) in [5.74, 6) is 0.878. The second-order valence-electron chi connectivity index (χ2n) is 6.18. The first kappa shape index (κ1) is 14.7. The molecule has 1 heterocycles. The molecule has 1 aromatic carbocycles. The summed E-state index contributed by atoms with van der Waals surface area (Å²) in [4.78, 5) is 0. The molecule has 0 aliphatic rings. The first-order chi connectivity index (χ1) is 9.46. The molecule has 0 bridgehead atoms. The lowest BCUT2D eigenvalue weighted by Gasteiger charge is -2.21. The Morgan fingerprint density at radius 1 is 1.20 bits per heavy atom. The summed E-state index contributed by atoms with van der Waals surface area (Å²) in [5, 5.41) is 15.5. The molecule has 0 aliphatic carbocycles.